The number of nitriles is 1. The molecule has 6 heteroatoms. The smallest absolute Gasteiger partial charge is 0.238 e. The highest BCUT2D eigenvalue weighted by atomic mass is 16.5. The van der Waals surface area contributed by atoms with Crippen LogP contribution in [0.4, 0.5) is 5.88 Å². The van der Waals surface area contributed by atoms with E-state index in [2.05, 4.69) is 60.2 Å². The van der Waals surface area contributed by atoms with Gasteiger partial charge in [0.05, 0.1) is 14.2 Å². The number of furan rings is 1. The van der Waals surface area contributed by atoms with Crippen LogP contribution in [0.2, 0.25) is 0 Å². The minimum atomic E-state index is 0.254. The Morgan fingerprint density at radius 2 is 1.48 bits per heavy atom. The predicted octanol–water partition coefficient (Wildman–Crippen LogP) is 8.56. The number of aryl methyl sites for hydroxylation is 1. The average Bonchev–Trinajstić information content (AvgIpc) is 3.59. The maximum atomic E-state index is 10.3. The van der Waals surface area contributed by atoms with E-state index in [-0.39, 0.29) is 5.88 Å². The molecule has 0 saturated heterocycles. The molecule has 2 heterocycles. The molecule has 6 aromatic rings. The van der Waals surface area contributed by atoms with E-state index in [0.717, 1.165) is 45.6 Å². The highest BCUT2D eigenvalue weighted by Gasteiger charge is 2.23. The van der Waals surface area contributed by atoms with Crippen molar-refractivity contribution >= 4 is 23.0 Å². The van der Waals surface area contributed by atoms with E-state index >= 15 is 0 Å². The van der Waals surface area contributed by atoms with E-state index in [1.54, 1.807) is 20.4 Å². The SMILES string of the molecule is COc1ccc(-c2oc(N=Cc3cn(Cc4ccc(C)cc4)c4ccccc34)c(C#N)c2-c2ccc(OC)cc2)cc1. The van der Waals surface area contributed by atoms with Gasteiger partial charge in [-0.25, -0.2) is 4.99 Å². The van der Waals surface area contributed by atoms with Gasteiger partial charge < -0.3 is 18.5 Å². The third-order valence-electron chi connectivity index (χ3n) is 7.35. The number of aliphatic imine (C=N–C) groups is 1. The summed E-state index contributed by atoms with van der Waals surface area (Å²) in [6, 6.07) is 34.3. The standard InChI is InChI=1S/C36H29N3O3/c1-24-8-10-25(11-9-24)22-39-23-28(31-6-4-5-7-33(31)39)21-38-36-32(20-37)34(26-12-16-29(40-2)17-13-26)35(42-36)27-14-18-30(41-3)19-15-27/h4-19,21,23H,22H2,1-3H3. The Kier molecular flexibility index (Phi) is 7.32. The fourth-order valence-corrected chi connectivity index (χ4v) is 5.12. The Labute approximate surface area is 244 Å². The van der Waals surface area contributed by atoms with Crippen molar-refractivity contribution in [2.75, 3.05) is 14.2 Å². The molecule has 6 nitrogen and oxygen atoms in total. The maximum Gasteiger partial charge on any atom is 0.238 e. The lowest BCUT2D eigenvalue weighted by Gasteiger charge is -2.06. The molecule has 0 aliphatic carbocycles. The van der Waals surface area contributed by atoms with Gasteiger partial charge in [0.15, 0.2) is 0 Å². The largest absolute Gasteiger partial charge is 0.497 e. The quantitative estimate of drug-likeness (QED) is 0.178. The van der Waals surface area contributed by atoms with Gasteiger partial charge in [0.25, 0.3) is 0 Å². The van der Waals surface area contributed by atoms with Gasteiger partial charge in [-0.2, -0.15) is 5.26 Å². The van der Waals surface area contributed by atoms with Gasteiger partial charge in [0.2, 0.25) is 5.88 Å². The van der Waals surface area contributed by atoms with Crippen molar-refractivity contribution in [3.8, 4) is 40.0 Å². The molecule has 0 radical (unpaired) electrons. The fourth-order valence-electron chi connectivity index (χ4n) is 5.12. The molecular weight excluding hydrogens is 522 g/mol. The third-order valence-corrected chi connectivity index (χ3v) is 7.35. The molecule has 0 atom stereocenters. The van der Waals surface area contributed by atoms with Gasteiger partial charge in [-0.3, -0.25) is 0 Å². The zero-order valence-electron chi connectivity index (χ0n) is 23.7. The summed E-state index contributed by atoms with van der Waals surface area (Å²) in [5, 5.41) is 11.4. The van der Waals surface area contributed by atoms with Crippen LogP contribution in [-0.2, 0) is 6.54 Å². The fraction of sp³-hybridized carbons (Fsp3) is 0.111. The molecule has 42 heavy (non-hydrogen) atoms. The number of hydrogen-bond acceptors (Lipinski definition) is 5. The third kappa shape index (κ3) is 5.16. The second-order valence-corrected chi connectivity index (χ2v) is 10.0. The van der Waals surface area contributed by atoms with Crippen LogP contribution in [0.1, 0.15) is 22.3 Å². The number of para-hydroxylation sites is 1. The van der Waals surface area contributed by atoms with Crippen molar-refractivity contribution in [2.24, 2.45) is 4.99 Å². The van der Waals surface area contributed by atoms with Crippen molar-refractivity contribution < 1.29 is 13.9 Å². The minimum absolute atomic E-state index is 0.254. The molecule has 0 bridgehead atoms. The number of methoxy groups -OCH3 is 2. The Balaban J connectivity index is 1.44. The monoisotopic (exact) mass is 551 g/mol. The number of aromatic nitrogens is 1. The van der Waals surface area contributed by atoms with Gasteiger partial charge in [-0.15, -0.1) is 0 Å². The number of benzene rings is 4. The molecule has 4 aromatic carbocycles. The van der Waals surface area contributed by atoms with Crippen molar-refractivity contribution in [3.05, 3.63) is 126 Å². The first kappa shape index (κ1) is 26.7. The molecule has 2 aromatic heterocycles. The molecule has 0 saturated carbocycles. The second-order valence-electron chi connectivity index (χ2n) is 10.0. The zero-order chi connectivity index (χ0) is 29.1. The lowest BCUT2D eigenvalue weighted by Crippen LogP contribution is -1.97. The second kappa shape index (κ2) is 11.5. The van der Waals surface area contributed by atoms with E-state index < -0.39 is 0 Å². The molecule has 0 aliphatic heterocycles. The molecule has 0 unspecified atom stereocenters. The van der Waals surface area contributed by atoms with Crippen LogP contribution in [0.15, 0.2) is 113 Å². The number of fused-ring (bicyclic) bond motifs is 1. The Bertz CT molecular complexity index is 1920. The van der Waals surface area contributed by atoms with E-state index in [9.17, 15) is 5.26 Å². The van der Waals surface area contributed by atoms with Gasteiger partial charge >= 0.3 is 0 Å². The molecule has 0 amide bonds. The topological polar surface area (TPSA) is 72.7 Å². The first-order valence-electron chi connectivity index (χ1n) is 13.6. The van der Waals surface area contributed by atoms with Crippen molar-refractivity contribution in [1.82, 2.24) is 4.57 Å². The molecule has 206 valence electrons. The molecular formula is C36H29N3O3. The van der Waals surface area contributed by atoms with Crippen LogP contribution < -0.4 is 9.47 Å². The van der Waals surface area contributed by atoms with Crippen LogP contribution in [0.25, 0.3) is 33.4 Å². The van der Waals surface area contributed by atoms with Crippen molar-refractivity contribution in [1.29, 1.82) is 5.26 Å². The summed E-state index contributed by atoms with van der Waals surface area (Å²) in [6.07, 6.45) is 3.88. The lowest BCUT2D eigenvalue weighted by molar-refractivity contribution is 0.414. The first-order chi connectivity index (χ1) is 20.6. The van der Waals surface area contributed by atoms with Gasteiger partial charge in [0, 0.05) is 46.5 Å². The van der Waals surface area contributed by atoms with E-state index in [1.807, 2.05) is 60.7 Å². The zero-order valence-corrected chi connectivity index (χ0v) is 23.7. The molecule has 6 rings (SSSR count). The normalized spacial score (nSPS) is 11.2. The highest BCUT2D eigenvalue weighted by molar-refractivity contribution is 6.00. The van der Waals surface area contributed by atoms with Gasteiger partial charge in [-0.1, -0.05) is 60.2 Å². The average molecular weight is 552 g/mol. The number of rotatable bonds is 8. The van der Waals surface area contributed by atoms with Crippen molar-refractivity contribution in [2.45, 2.75) is 13.5 Å². The summed E-state index contributed by atoms with van der Waals surface area (Å²) in [7, 11) is 3.25. The van der Waals surface area contributed by atoms with Gasteiger partial charge in [0.1, 0.15) is 28.9 Å². The molecule has 0 N–H and O–H groups in total. The summed E-state index contributed by atoms with van der Waals surface area (Å²) in [4.78, 5) is 4.75. The summed E-state index contributed by atoms with van der Waals surface area (Å²) in [6.45, 7) is 2.83. The summed E-state index contributed by atoms with van der Waals surface area (Å²) >= 11 is 0. The molecule has 0 spiro atoms. The Hall–Kier alpha value is -5.54. The highest BCUT2D eigenvalue weighted by Crippen LogP contribution is 2.43. The van der Waals surface area contributed by atoms with E-state index in [1.165, 1.54) is 11.1 Å². The summed E-state index contributed by atoms with van der Waals surface area (Å²) < 4.78 is 19.3. The van der Waals surface area contributed by atoms with Crippen LogP contribution in [0, 0.1) is 18.3 Å². The van der Waals surface area contributed by atoms with Crippen LogP contribution in [0.5, 0.6) is 11.5 Å². The van der Waals surface area contributed by atoms with Crippen LogP contribution in [-0.4, -0.2) is 25.0 Å². The number of hydrogen-bond donors (Lipinski definition) is 0. The Morgan fingerprint density at radius 3 is 2.12 bits per heavy atom. The first-order valence-corrected chi connectivity index (χ1v) is 13.6. The Morgan fingerprint density at radius 1 is 0.833 bits per heavy atom. The van der Waals surface area contributed by atoms with Crippen LogP contribution in [0.3, 0.4) is 0 Å². The van der Waals surface area contributed by atoms with Crippen LogP contribution >= 0.6 is 0 Å². The predicted molar refractivity (Wildman–Crippen MR) is 167 cm³/mol. The molecule has 0 aliphatic rings. The summed E-state index contributed by atoms with van der Waals surface area (Å²) in [5.74, 6) is 2.28. The maximum absolute atomic E-state index is 10.3. The van der Waals surface area contributed by atoms with E-state index in [4.69, 9.17) is 18.9 Å². The van der Waals surface area contributed by atoms with E-state index in [0.29, 0.717) is 16.9 Å². The van der Waals surface area contributed by atoms with Crippen molar-refractivity contribution in [3.63, 3.8) is 0 Å². The number of ether oxygens (including phenoxy) is 2. The summed E-state index contributed by atoms with van der Waals surface area (Å²) in [5.41, 5.74) is 7.19. The lowest BCUT2D eigenvalue weighted by atomic mass is 9.98. The van der Waals surface area contributed by atoms with Gasteiger partial charge in [-0.05, 0) is 60.5 Å². The number of nitrogens with zero attached hydrogens (tertiary/aromatic N) is 3. The molecule has 0 fully saturated rings. The minimum Gasteiger partial charge on any atom is -0.497 e.